The Kier molecular flexibility index (Phi) is 3.37. The van der Waals surface area contributed by atoms with E-state index in [0.29, 0.717) is 6.54 Å². The average molecular weight is 269 g/mol. The number of aryl methyl sites for hydroxylation is 1. The van der Waals surface area contributed by atoms with Crippen molar-refractivity contribution < 1.29 is 18.0 Å². The van der Waals surface area contributed by atoms with E-state index >= 15 is 0 Å². The summed E-state index contributed by atoms with van der Waals surface area (Å²) in [7, 11) is 0. The van der Waals surface area contributed by atoms with Gasteiger partial charge in [-0.15, -0.1) is 5.10 Å². The number of carbonyl (C=O) groups excluding carboxylic acids is 1. The maximum Gasteiger partial charge on any atom is 0.416 e. The smallest absolute Gasteiger partial charge is 0.287 e. The third-order valence-electron chi connectivity index (χ3n) is 2.60. The van der Waals surface area contributed by atoms with Crippen LogP contribution in [0, 0.1) is 0 Å². The molecule has 100 valence electrons. The predicted molar refractivity (Wildman–Crippen MR) is 60.6 cm³/mol. The Morgan fingerprint density at radius 1 is 1.37 bits per heavy atom. The monoisotopic (exact) mass is 269 g/mol. The van der Waals surface area contributed by atoms with Gasteiger partial charge in [-0.1, -0.05) is 17.3 Å². The molecule has 7 heteroatoms. The number of ketones is 1. The minimum Gasteiger partial charge on any atom is -0.287 e. The lowest BCUT2D eigenvalue weighted by atomic mass is 10.1. The van der Waals surface area contributed by atoms with Gasteiger partial charge in [0.1, 0.15) is 5.69 Å². The average Bonchev–Trinajstić information content (AvgIpc) is 2.85. The van der Waals surface area contributed by atoms with Crippen molar-refractivity contribution in [1.82, 2.24) is 15.0 Å². The summed E-state index contributed by atoms with van der Waals surface area (Å²) in [5.74, 6) is -0.530. The molecule has 0 bridgehead atoms. The van der Waals surface area contributed by atoms with E-state index in [-0.39, 0.29) is 11.3 Å². The molecule has 0 saturated heterocycles. The van der Waals surface area contributed by atoms with Gasteiger partial charge in [-0.3, -0.25) is 4.79 Å². The van der Waals surface area contributed by atoms with Crippen molar-refractivity contribution in [3.05, 3.63) is 47.3 Å². The third-order valence-corrected chi connectivity index (χ3v) is 2.60. The summed E-state index contributed by atoms with van der Waals surface area (Å²) >= 11 is 0. The summed E-state index contributed by atoms with van der Waals surface area (Å²) in [6, 6.07) is 4.29. The van der Waals surface area contributed by atoms with Crippen molar-refractivity contribution in [1.29, 1.82) is 0 Å². The number of hydrogen-bond acceptors (Lipinski definition) is 3. The first-order chi connectivity index (χ1) is 8.93. The van der Waals surface area contributed by atoms with E-state index in [4.69, 9.17) is 0 Å². The Balaban J connectivity index is 2.40. The Morgan fingerprint density at radius 3 is 2.74 bits per heavy atom. The highest BCUT2D eigenvalue weighted by atomic mass is 19.4. The quantitative estimate of drug-likeness (QED) is 0.804. The highest BCUT2D eigenvalue weighted by Gasteiger charge is 2.31. The van der Waals surface area contributed by atoms with Gasteiger partial charge >= 0.3 is 6.18 Å². The molecule has 0 spiro atoms. The van der Waals surface area contributed by atoms with Crippen LogP contribution in [0.4, 0.5) is 13.2 Å². The SMILES string of the molecule is CCn1nncc1C(=O)c1cccc(C(F)(F)F)c1. The topological polar surface area (TPSA) is 47.8 Å². The Labute approximate surface area is 106 Å². The first-order valence-electron chi connectivity index (χ1n) is 5.54. The molecule has 0 aliphatic rings. The van der Waals surface area contributed by atoms with E-state index in [1.165, 1.54) is 23.0 Å². The van der Waals surface area contributed by atoms with Crippen LogP contribution in [0.15, 0.2) is 30.5 Å². The molecule has 1 heterocycles. The highest BCUT2D eigenvalue weighted by molar-refractivity contribution is 6.07. The molecule has 0 aliphatic carbocycles. The summed E-state index contributed by atoms with van der Waals surface area (Å²) in [5.41, 5.74) is -0.720. The lowest BCUT2D eigenvalue weighted by Gasteiger charge is -2.08. The van der Waals surface area contributed by atoms with Crippen LogP contribution in [0.25, 0.3) is 0 Å². The molecule has 19 heavy (non-hydrogen) atoms. The summed E-state index contributed by atoms with van der Waals surface area (Å²) in [6.07, 6.45) is -3.23. The molecule has 0 saturated carbocycles. The van der Waals surface area contributed by atoms with Gasteiger partial charge in [0.15, 0.2) is 0 Å². The van der Waals surface area contributed by atoms with Gasteiger partial charge in [0.2, 0.25) is 5.78 Å². The van der Waals surface area contributed by atoms with Crippen molar-refractivity contribution in [3.8, 4) is 0 Å². The molecule has 0 N–H and O–H groups in total. The fourth-order valence-corrected chi connectivity index (χ4v) is 1.65. The predicted octanol–water partition coefficient (Wildman–Crippen LogP) is 2.55. The second-order valence-corrected chi connectivity index (χ2v) is 3.84. The van der Waals surface area contributed by atoms with Gasteiger partial charge in [-0.2, -0.15) is 13.2 Å². The minimum atomic E-state index is -4.47. The van der Waals surface area contributed by atoms with E-state index in [1.54, 1.807) is 6.92 Å². The number of nitrogens with zero attached hydrogens (tertiary/aromatic N) is 3. The first-order valence-corrected chi connectivity index (χ1v) is 5.54. The lowest BCUT2D eigenvalue weighted by molar-refractivity contribution is -0.137. The van der Waals surface area contributed by atoms with Crippen molar-refractivity contribution in [3.63, 3.8) is 0 Å². The van der Waals surface area contributed by atoms with Crippen LogP contribution in [-0.2, 0) is 12.7 Å². The van der Waals surface area contributed by atoms with Crippen LogP contribution < -0.4 is 0 Å². The molecular formula is C12H10F3N3O. The number of halogens is 3. The minimum absolute atomic E-state index is 0.0353. The molecule has 0 radical (unpaired) electrons. The molecule has 0 unspecified atom stereocenters. The summed E-state index contributed by atoms with van der Waals surface area (Å²) < 4.78 is 39.1. The standard InChI is InChI=1S/C12H10F3N3O/c1-2-18-10(7-16-17-18)11(19)8-4-3-5-9(6-8)12(13,14)15/h3-7H,2H2,1H3. The second kappa shape index (κ2) is 4.83. The van der Waals surface area contributed by atoms with Gasteiger partial charge < -0.3 is 0 Å². The number of alkyl halides is 3. The summed E-state index contributed by atoms with van der Waals surface area (Å²) in [5, 5.41) is 7.26. The fourth-order valence-electron chi connectivity index (χ4n) is 1.65. The molecular weight excluding hydrogens is 259 g/mol. The highest BCUT2D eigenvalue weighted by Crippen LogP contribution is 2.29. The molecule has 4 nitrogen and oxygen atoms in total. The Morgan fingerprint density at radius 2 is 2.11 bits per heavy atom. The van der Waals surface area contributed by atoms with Crippen molar-refractivity contribution in [2.24, 2.45) is 0 Å². The largest absolute Gasteiger partial charge is 0.416 e. The maximum atomic E-state index is 12.6. The maximum absolute atomic E-state index is 12.6. The van der Waals surface area contributed by atoms with Crippen LogP contribution in [0.5, 0.6) is 0 Å². The number of rotatable bonds is 3. The normalized spacial score (nSPS) is 11.6. The van der Waals surface area contributed by atoms with Crippen LogP contribution in [0.3, 0.4) is 0 Å². The number of hydrogen-bond donors (Lipinski definition) is 0. The zero-order valence-electron chi connectivity index (χ0n) is 9.98. The number of benzene rings is 1. The second-order valence-electron chi connectivity index (χ2n) is 3.84. The van der Waals surface area contributed by atoms with Crippen LogP contribution in [0.1, 0.15) is 28.5 Å². The number of aromatic nitrogens is 3. The van der Waals surface area contributed by atoms with Crippen molar-refractivity contribution in [2.45, 2.75) is 19.6 Å². The molecule has 0 amide bonds. The van der Waals surface area contributed by atoms with Crippen LogP contribution in [0.2, 0.25) is 0 Å². The Hall–Kier alpha value is -2.18. The fraction of sp³-hybridized carbons (Fsp3) is 0.250. The molecule has 2 aromatic rings. The van der Waals surface area contributed by atoms with Gasteiger partial charge in [-0.25, -0.2) is 4.68 Å². The van der Waals surface area contributed by atoms with E-state index in [9.17, 15) is 18.0 Å². The molecule has 1 aromatic carbocycles. The van der Waals surface area contributed by atoms with E-state index in [2.05, 4.69) is 10.3 Å². The summed E-state index contributed by atoms with van der Waals surface area (Å²) in [4.78, 5) is 12.1. The van der Waals surface area contributed by atoms with Gasteiger partial charge in [0.05, 0.1) is 11.8 Å². The van der Waals surface area contributed by atoms with Crippen LogP contribution in [-0.4, -0.2) is 20.8 Å². The zero-order chi connectivity index (χ0) is 14.0. The van der Waals surface area contributed by atoms with Gasteiger partial charge in [0.25, 0.3) is 0 Å². The van der Waals surface area contributed by atoms with Gasteiger partial charge in [0, 0.05) is 12.1 Å². The van der Waals surface area contributed by atoms with E-state index in [0.717, 1.165) is 12.1 Å². The molecule has 0 atom stereocenters. The van der Waals surface area contributed by atoms with E-state index in [1.807, 2.05) is 0 Å². The van der Waals surface area contributed by atoms with Crippen LogP contribution >= 0.6 is 0 Å². The zero-order valence-corrected chi connectivity index (χ0v) is 9.98. The van der Waals surface area contributed by atoms with Gasteiger partial charge in [-0.05, 0) is 19.1 Å². The molecule has 2 rings (SSSR count). The summed E-state index contributed by atoms with van der Waals surface area (Å²) in [6.45, 7) is 2.18. The molecule has 0 aliphatic heterocycles. The third kappa shape index (κ3) is 2.64. The van der Waals surface area contributed by atoms with E-state index < -0.39 is 17.5 Å². The lowest BCUT2D eigenvalue weighted by Crippen LogP contribution is -2.12. The number of carbonyl (C=O) groups is 1. The Bertz CT molecular complexity index is 604. The van der Waals surface area contributed by atoms with Crippen molar-refractivity contribution in [2.75, 3.05) is 0 Å². The first kappa shape index (κ1) is 13.3. The molecule has 1 aromatic heterocycles. The van der Waals surface area contributed by atoms with Crippen molar-refractivity contribution >= 4 is 5.78 Å². The molecule has 0 fully saturated rings.